The van der Waals surface area contributed by atoms with E-state index in [0.717, 1.165) is 12.8 Å². The van der Waals surface area contributed by atoms with Gasteiger partial charge in [0, 0.05) is 6.54 Å². The molecule has 3 N–H and O–H groups in total. The van der Waals surface area contributed by atoms with Crippen molar-refractivity contribution >= 4 is 18.2 Å². The quantitative estimate of drug-likeness (QED) is 0.373. The predicted octanol–water partition coefficient (Wildman–Crippen LogP) is -0.0537. The number of carbonyl (C=O) groups is 2. The van der Waals surface area contributed by atoms with Gasteiger partial charge in [-0.25, -0.2) is 0 Å². The molecule has 0 aromatic rings. The van der Waals surface area contributed by atoms with E-state index in [0.29, 0.717) is 13.0 Å². The van der Waals surface area contributed by atoms with Crippen LogP contribution >= 0.6 is 0 Å². The highest BCUT2D eigenvalue weighted by atomic mass is 16.2. The maximum atomic E-state index is 12.3. The molecule has 1 rings (SSSR count). The van der Waals surface area contributed by atoms with Gasteiger partial charge in [0.15, 0.2) is 0 Å². The lowest BCUT2D eigenvalue weighted by Gasteiger charge is -2.29. The molecule has 0 aromatic carbocycles. The predicted molar refractivity (Wildman–Crippen MR) is 69.4 cm³/mol. The van der Waals surface area contributed by atoms with E-state index < -0.39 is 0 Å². The monoisotopic (exact) mass is 254 g/mol. The fraction of sp³-hybridized carbons (Fsp3) is 0.750. The van der Waals surface area contributed by atoms with Crippen molar-refractivity contribution in [3.8, 4) is 0 Å². The Balaban J connectivity index is 2.79. The summed E-state index contributed by atoms with van der Waals surface area (Å²) in [6.07, 6.45) is 2.22. The van der Waals surface area contributed by atoms with Crippen LogP contribution in [0.25, 0.3) is 0 Å². The second kappa shape index (κ2) is 5.95. The molecule has 0 aromatic heterocycles. The third-order valence-electron chi connectivity index (χ3n) is 3.27. The van der Waals surface area contributed by atoms with Gasteiger partial charge in [-0.3, -0.25) is 15.0 Å². The summed E-state index contributed by atoms with van der Waals surface area (Å²) in [5.41, 5.74) is 0.0305. The molecule has 18 heavy (non-hydrogen) atoms. The van der Waals surface area contributed by atoms with Gasteiger partial charge in [0.25, 0.3) is 0 Å². The molecule has 1 unspecified atom stereocenters. The fourth-order valence-corrected chi connectivity index (χ4v) is 2.26. The second-order valence-electron chi connectivity index (χ2n) is 5.48. The molecule has 102 valence electrons. The highest BCUT2D eigenvalue weighted by Crippen LogP contribution is 2.28. The lowest BCUT2D eigenvalue weighted by molar-refractivity contribution is -0.132. The van der Waals surface area contributed by atoms with E-state index in [-0.39, 0.29) is 29.7 Å². The minimum Gasteiger partial charge on any atom is -0.333 e. The SMILES string of the molecule is CNC1CCC(C)(C)CN(CC(=N)NC=O)C1=O. The van der Waals surface area contributed by atoms with Crippen LogP contribution in [0.15, 0.2) is 0 Å². The molecule has 6 heteroatoms. The van der Waals surface area contributed by atoms with Crippen molar-refractivity contribution in [1.29, 1.82) is 5.41 Å². The van der Waals surface area contributed by atoms with E-state index in [4.69, 9.17) is 5.41 Å². The number of amidine groups is 1. The largest absolute Gasteiger partial charge is 0.333 e. The van der Waals surface area contributed by atoms with Crippen LogP contribution in [0.2, 0.25) is 0 Å². The van der Waals surface area contributed by atoms with Crippen LogP contribution in [0.3, 0.4) is 0 Å². The highest BCUT2D eigenvalue weighted by molar-refractivity contribution is 5.93. The van der Waals surface area contributed by atoms with Gasteiger partial charge < -0.3 is 15.5 Å². The molecule has 0 radical (unpaired) electrons. The molecule has 1 aliphatic rings. The van der Waals surface area contributed by atoms with E-state index in [1.54, 1.807) is 11.9 Å². The van der Waals surface area contributed by atoms with Gasteiger partial charge in [0.05, 0.1) is 12.6 Å². The summed E-state index contributed by atoms with van der Waals surface area (Å²) in [4.78, 5) is 24.2. The van der Waals surface area contributed by atoms with Crippen molar-refractivity contribution in [3.05, 3.63) is 0 Å². The first kappa shape index (κ1) is 14.6. The average molecular weight is 254 g/mol. The first-order chi connectivity index (χ1) is 8.39. The molecule has 1 aliphatic heterocycles. The lowest BCUT2D eigenvalue weighted by Crippen LogP contribution is -2.48. The van der Waals surface area contributed by atoms with Crippen molar-refractivity contribution in [3.63, 3.8) is 0 Å². The van der Waals surface area contributed by atoms with Crippen LogP contribution in [0.5, 0.6) is 0 Å². The van der Waals surface area contributed by atoms with E-state index in [1.165, 1.54) is 0 Å². The van der Waals surface area contributed by atoms with E-state index >= 15 is 0 Å². The van der Waals surface area contributed by atoms with Crippen molar-refractivity contribution in [2.24, 2.45) is 5.41 Å². The summed E-state index contributed by atoms with van der Waals surface area (Å²) < 4.78 is 0. The Bertz CT molecular complexity index is 341. The van der Waals surface area contributed by atoms with Crippen molar-refractivity contribution in [1.82, 2.24) is 15.5 Å². The molecule has 0 aliphatic carbocycles. The number of nitrogens with zero attached hydrogens (tertiary/aromatic N) is 1. The zero-order valence-electron chi connectivity index (χ0n) is 11.2. The number of rotatable bonds is 4. The van der Waals surface area contributed by atoms with Crippen LogP contribution in [0.4, 0.5) is 0 Å². The van der Waals surface area contributed by atoms with Gasteiger partial charge >= 0.3 is 0 Å². The summed E-state index contributed by atoms with van der Waals surface area (Å²) >= 11 is 0. The normalized spacial score (nSPS) is 23.4. The van der Waals surface area contributed by atoms with Crippen LogP contribution in [0.1, 0.15) is 26.7 Å². The van der Waals surface area contributed by atoms with E-state index in [2.05, 4.69) is 24.5 Å². The van der Waals surface area contributed by atoms with Gasteiger partial charge in [0.1, 0.15) is 5.84 Å². The van der Waals surface area contributed by atoms with Gasteiger partial charge in [-0.15, -0.1) is 0 Å². The average Bonchev–Trinajstić information content (AvgIpc) is 2.37. The smallest absolute Gasteiger partial charge is 0.240 e. The zero-order chi connectivity index (χ0) is 13.8. The Kier molecular flexibility index (Phi) is 4.84. The maximum Gasteiger partial charge on any atom is 0.240 e. The minimum atomic E-state index is -0.198. The molecule has 1 atom stereocenters. The molecule has 0 bridgehead atoms. The van der Waals surface area contributed by atoms with Gasteiger partial charge in [-0.05, 0) is 25.3 Å². The topological polar surface area (TPSA) is 85.3 Å². The maximum absolute atomic E-state index is 12.3. The molecular formula is C12H22N4O2. The Morgan fingerprint density at radius 1 is 1.61 bits per heavy atom. The third kappa shape index (κ3) is 3.80. The molecule has 0 spiro atoms. The number of likely N-dealkylation sites (tertiary alicyclic amines) is 1. The van der Waals surface area contributed by atoms with Gasteiger partial charge in [0.2, 0.25) is 12.3 Å². The molecule has 6 nitrogen and oxygen atoms in total. The Hall–Kier alpha value is -1.43. The molecule has 1 saturated heterocycles. The summed E-state index contributed by atoms with van der Waals surface area (Å²) in [5.74, 6) is 0.0476. The molecule has 0 saturated carbocycles. The van der Waals surface area contributed by atoms with Crippen LogP contribution < -0.4 is 10.6 Å². The van der Waals surface area contributed by atoms with Crippen LogP contribution in [0, 0.1) is 10.8 Å². The third-order valence-corrected chi connectivity index (χ3v) is 3.27. The summed E-state index contributed by atoms with van der Waals surface area (Å²) in [7, 11) is 1.77. The number of hydrogen-bond acceptors (Lipinski definition) is 4. The van der Waals surface area contributed by atoms with E-state index in [1.807, 2.05) is 0 Å². The Labute approximate surface area is 108 Å². The standard InChI is InChI=1S/C12H22N4O2/c1-12(2)5-4-9(14-3)11(18)16(7-12)6-10(13)15-8-17/h8-9,14H,4-7H2,1-3H3,(H2,13,15,17). The summed E-state index contributed by atoms with van der Waals surface area (Å²) in [6.45, 7) is 4.98. The number of amides is 2. The molecule has 2 amide bonds. The van der Waals surface area contributed by atoms with Gasteiger partial charge in [-0.2, -0.15) is 0 Å². The number of nitrogens with one attached hydrogen (secondary N) is 3. The Morgan fingerprint density at radius 2 is 2.28 bits per heavy atom. The summed E-state index contributed by atoms with van der Waals surface area (Å²) in [5, 5.41) is 12.9. The van der Waals surface area contributed by atoms with Crippen molar-refractivity contribution < 1.29 is 9.59 Å². The van der Waals surface area contributed by atoms with Crippen molar-refractivity contribution in [2.75, 3.05) is 20.1 Å². The van der Waals surface area contributed by atoms with Gasteiger partial charge in [-0.1, -0.05) is 13.8 Å². The number of likely N-dealkylation sites (N-methyl/N-ethyl adjacent to an activating group) is 1. The van der Waals surface area contributed by atoms with E-state index in [9.17, 15) is 9.59 Å². The molecular weight excluding hydrogens is 232 g/mol. The summed E-state index contributed by atoms with van der Waals surface area (Å²) in [6, 6.07) is -0.198. The van der Waals surface area contributed by atoms with Crippen LogP contribution in [-0.4, -0.2) is 49.2 Å². The molecule has 1 fully saturated rings. The minimum absolute atomic E-state index is 0.000485. The highest BCUT2D eigenvalue weighted by Gasteiger charge is 2.34. The second-order valence-corrected chi connectivity index (χ2v) is 5.48. The van der Waals surface area contributed by atoms with Crippen LogP contribution in [-0.2, 0) is 9.59 Å². The Morgan fingerprint density at radius 3 is 2.83 bits per heavy atom. The lowest BCUT2D eigenvalue weighted by atomic mass is 9.87. The number of carbonyl (C=O) groups excluding carboxylic acids is 2. The first-order valence-electron chi connectivity index (χ1n) is 6.13. The fourth-order valence-electron chi connectivity index (χ4n) is 2.26. The molecule has 1 heterocycles. The number of hydrogen-bond donors (Lipinski definition) is 3. The zero-order valence-corrected chi connectivity index (χ0v) is 11.2. The first-order valence-corrected chi connectivity index (χ1v) is 6.13. The van der Waals surface area contributed by atoms with Crippen molar-refractivity contribution in [2.45, 2.75) is 32.7 Å².